The van der Waals surface area contributed by atoms with E-state index in [0.29, 0.717) is 21.4 Å². The number of anilines is 1. The number of nitrogens with zero attached hydrogens (tertiary/aromatic N) is 2. The molecule has 4 N–H and O–H groups in total. The molecule has 1 heterocycles. The van der Waals surface area contributed by atoms with Crippen LogP contribution in [-0.4, -0.2) is 41.3 Å². The Kier molecular flexibility index (Phi) is 7.68. The van der Waals surface area contributed by atoms with Crippen molar-refractivity contribution in [1.29, 1.82) is 5.41 Å². The number of sulfonamides is 1. The van der Waals surface area contributed by atoms with Gasteiger partial charge < -0.3 is 15.8 Å². The number of hydrogen-bond donors (Lipinski definition) is 3. The molecule has 0 bridgehead atoms. The number of rotatable bonds is 7. The van der Waals surface area contributed by atoms with Crippen LogP contribution in [0.4, 0.5) is 5.82 Å². The van der Waals surface area contributed by atoms with E-state index in [1.54, 1.807) is 51.1 Å². The first-order chi connectivity index (χ1) is 16.3. The van der Waals surface area contributed by atoms with Crippen LogP contribution in [-0.2, 0) is 26.1 Å². The number of hydrogen-bond acceptors (Lipinski definition) is 6. The SMILES string of the molecule is C[C@@H](C(=O)OC(C)(C)C)N(Cc1ccccc1)S(=O)(=O)c1ccc2c(Cl)cnc(NC(=N)N)c2c1. The van der Waals surface area contributed by atoms with Crippen molar-refractivity contribution in [2.45, 2.75) is 50.8 Å². The molecule has 35 heavy (non-hydrogen) atoms. The molecule has 3 aromatic rings. The fourth-order valence-electron chi connectivity index (χ4n) is 3.41. The third-order valence-corrected chi connectivity index (χ3v) is 7.24. The number of pyridine rings is 1. The number of nitrogens with one attached hydrogen (secondary N) is 2. The summed E-state index contributed by atoms with van der Waals surface area (Å²) >= 11 is 6.26. The Balaban J connectivity index is 2.12. The molecule has 1 atom stereocenters. The van der Waals surface area contributed by atoms with Crippen molar-refractivity contribution in [3.8, 4) is 0 Å². The van der Waals surface area contributed by atoms with Crippen molar-refractivity contribution in [2.75, 3.05) is 5.32 Å². The Bertz CT molecular complexity index is 1360. The van der Waals surface area contributed by atoms with Gasteiger partial charge in [0.05, 0.1) is 9.92 Å². The summed E-state index contributed by atoms with van der Waals surface area (Å²) in [6.07, 6.45) is 1.38. The van der Waals surface area contributed by atoms with E-state index in [4.69, 9.17) is 27.5 Å². The van der Waals surface area contributed by atoms with Gasteiger partial charge in [-0.15, -0.1) is 0 Å². The highest BCUT2D eigenvalue weighted by molar-refractivity contribution is 7.89. The average molecular weight is 518 g/mol. The first kappa shape index (κ1) is 26.4. The second-order valence-electron chi connectivity index (χ2n) is 8.95. The van der Waals surface area contributed by atoms with Gasteiger partial charge in [0.2, 0.25) is 10.0 Å². The number of benzene rings is 2. The van der Waals surface area contributed by atoms with Gasteiger partial charge in [0.15, 0.2) is 5.96 Å². The van der Waals surface area contributed by atoms with Crippen LogP contribution in [0.15, 0.2) is 59.6 Å². The molecule has 0 radical (unpaired) electrons. The zero-order chi connectivity index (χ0) is 26.0. The van der Waals surface area contributed by atoms with E-state index < -0.39 is 27.6 Å². The predicted molar refractivity (Wildman–Crippen MR) is 137 cm³/mol. The lowest BCUT2D eigenvalue weighted by Crippen LogP contribution is -2.45. The molecule has 0 aliphatic heterocycles. The third-order valence-electron chi connectivity index (χ3n) is 5.03. The van der Waals surface area contributed by atoms with Crippen LogP contribution in [0.1, 0.15) is 33.3 Å². The van der Waals surface area contributed by atoms with Crippen LogP contribution < -0.4 is 11.1 Å². The maximum Gasteiger partial charge on any atom is 0.324 e. The number of esters is 1. The van der Waals surface area contributed by atoms with Crippen molar-refractivity contribution < 1.29 is 17.9 Å². The second-order valence-corrected chi connectivity index (χ2v) is 11.2. The van der Waals surface area contributed by atoms with Gasteiger partial charge in [-0.2, -0.15) is 4.31 Å². The monoisotopic (exact) mass is 517 g/mol. The number of fused-ring (bicyclic) bond motifs is 1. The van der Waals surface area contributed by atoms with Crippen molar-refractivity contribution >= 4 is 50.1 Å². The van der Waals surface area contributed by atoms with Crippen LogP contribution >= 0.6 is 11.6 Å². The first-order valence-corrected chi connectivity index (χ1v) is 12.6. The van der Waals surface area contributed by atoms with Crippen molar-refractivity contribution in [3.63, 3.8) is 0 Å². The molecule has 3 rings (SSSR count). The molecule has 11 heteroatoms. The minimum atomic E-state index is -4.20. The van der Waals surface area contributed by atoms with Crippen LogP contribution in [0.5, 0.6) is 0 Å². The lowest BCUT2D eigenvalue weighted by atomic mass is 10.1. The smallest absolute Gasteiger partial charge is 0.324 e. The van der Waals surface area contributed by atoms with Gasteiger partial charge in [-0.3, -0.25) is 10.2 Å². The van der Waals surface area contributed by atoms with Gasteiger partial charge in [0.1, 0.15) is 17.5 Å². The molecular formula is C24H28ClN5O4S. The molecule has 0 saturated heterocycles. The number of carbonyl (C=O) groups is 1. The average Bonchev–Trinajstić information content (AvgIpc) is 2.78. The quantitative estimate of drug-likeness (QED) is 0.243. The van der Waals surface area contributed by atoms with Crippen molar-refractivity contribution in [2.24, 2.45) is 5.73 Å². The third kappa shape index (κ3) is 6.27. The van der Waals surface area contributed by atoms with Crippen LogP contribution in [0.3, 0.4) is 0 Å². The van der Waals surface area contributed by atoms with Gasteiger partial charge in [0.25, 0.3) is 0 Å². The largest absolute Gasteiger partial charge is 0.459 e. The summed E-state index contributed by atoms with van der Waals surface area (Å²) in [4.78, 5) is 17.0. The molecule has 0 spiro atoms. The molecule has 0 saturated carbocycles. The summed E-state index contributed by atoms with van der Waals surface area (Å²) in [6.45, 7) is 6.61. The molecule has 1 aromatic heterocycles. The fraction of sp³-hybridized carbons (Fsp3) is 0.292. The van der Waals surface area contributed by atoms with Gasteiger partial charge in [-0.25, -0.2) is 13.4 Å². The summed E-state index contributed by atoms with van der Waals surface area (Å²) in [5, 5.41) is 11.3. The molecule has 9 nitrogen and oxygen atoms in total. The summed E-state index contributed by atoms with van der Waals surface area (Å²) in [5.41, 5.74) is 5.38. The van der Waals surface area contributed by atoms with Crippen LogP contribution in [0.25, 0.3) is 10.8 Å². The minimum absolute atomic E-state index is 0.0476. The molecule has 0 amide bonds. The number of ether oxygens (including phenoxy) is 1. The number of halogens is 1. The summed E-state index contributed by atoms with van der Waals surface area (Å²) in [5.74, 6) is -0.844. The van der Waals surface area contributed by atoms with E-state index in [-0.39, 0.29) is 23.2 Å². The maximum absolute atomic E-state index is 13.9. The van der Waals surface area contributed by atoms with Gasteiger partial charge in [0, 0.05) is 23.5 Å². The van der Waals surface area contributed by atoms with E-state index in [2.05, 4.69) is 10.3 Å². The molecule has 0 aliphatic carbocycles. The molecule has 2 aromatic carbocycles. The summed E-state index contributed by atoms with van der Waals surface area (Å²) < 4.78 is 34.4. The number of nitrogens with two attached hydrogens (primary N) is 1. The molecule has 186 valence electrons. The highest BCUT2D eigenvalue weighted by Crippen LogP contribution is 2.32. The number of carbonyl (C=O) groups excluding carboxylic acids is 1. The van der Waals surface area contributed by atoms with E-state index in [1.165, 1.54) is 25.3 Å². The Morgan fingerprint density at radius 1 is 1.20 bits per heavy atom. The maximum atomic E-state index is 13.9. The molecule has 0 aliphatic rings. The fourth-order valence-corrected chi connectivity index (χ4v) is 5.22. The van der Waals surface area contributed by atoms with E-state index in [0.717, 1.165) is 4.31 Å². The minimum Gasteiger partial charge on any atom is -0.459 e. The van der Waals surface area contributed by atoms with E-state index in [9.17, 15) is 13.2 Å². The van der Waals surface area contributed by atoms with Crippen molar-refractivity contribution in [3.05, 3.63) is 65.3 Å². The summed E-state index contributed by atoms with van der Waals surface area (Å²) in [7, 11) is -4.20. The zero-order valence-corrected chi connectivity index (χ0v) is 21.4. The zero-order valence-electron chi connectivity index (χ0n) is 19.9. The van der Waals surface area contributed by atoms with Gasteiger partial charge in [-0.05, 0) is 45.4 Å². The Labute approximate surface area is 209 Å². The standard InChI is InChI=1S/C24H28ClN5O4S/c1-15(22(31)34-24(2,3)4)30(14-16-8-6-5-7-9-16)35(32,33)17-10-11-18-19(12-17)21(29-23(26)27)28-13-20(18)25/h5-13,15H,14H2,1-4H3,(H4,26,27,28,29)/t15-/m0/s1. The van der Waals surface area contributed by atoms with E-state index >= 15 is 0 Å². The Morgan fingerprint density at radius 3 is 2.46 bits per heavy atom. The van der Waals surface area contributed by atoms with E-state index in [1.807, 2.05) is 6.07 Å². The first-order valence-electron chi connectivity index (χ1n) is 10.8. The number of guanidine groups is 1. The lowest BCUT2D eigenvalue weighted by molar-refractivity contribution is -0.159. The van der Waals surface area contributed by atoms with Crippen LogP contribution in [0, 0.1) is 5.41 Å². The van der Waals surface area contributed by atoms with Crippen molar-refractivity contribution in [1.82, 2.24) is 9.29 Å². The lowest BCUT2D eigenvalue weighted by Gasteiger charge is -2.30. The normalized spacial score (nSPS) is 13.0. The topological polar surface area (TPSA) is 138 Å². The predicted octanol–water partition coefficient (Wildman–Crippen LogP) is 4.11. The van der Waals surface area contributed by atoms with Gasteiger partial charge >= 0.3 is 5.97 Å². The van der Waals surface area contributed by atoms with Crippen LogP contribution in [0.2, 0.25) is 5.02 Å². The molecule has 0 unspecified atom stereocenters. The highest BCUT2D eigenvalue weighted by atomic mass is 35.5. The van der Waals surface area contributed by atoms with Gasteiger partial charge in [-0.1, -0.05) is 48.0 Å². The Morgan fingerprint density at radius 2 is 1.86 bits per heavy atom. The second kappa shape index (κ2) is 10.2. The Hall–Kier alpha value is -3.21. The molecular weight excluding hydrogens is 490 g/mol. The summed E-state index contributed by atoms with van der Waals surface area (Å²) in [6, 6.07) is 12.2. The molecule has 0 fully saturated rings. The number of aromatic nitrogens is 1. The highest BCUT2D eigenvalue weighted by Gasteiger charge is 2.36.